The van der Waals surface area contributed by atoms with Gasteiger partial charge in [0.05, 0.1) is 51.4 Å². The van der Waals surface area contributed by atoms with Crippen molar-refractivity contribution in [2.75, 3.05) is 44.2 Å². The number of hydrogen-bond donors (Lipinski definition) is 2. The Labute approximate surface area is 186 Å². The molecule has 0 radical (unpaired) electrons. The lowest BCUT2D eigenvalue weighted by Crippen LogP contribution is -3.17. The highest BCUT2D eigenvalue weighted by molar-refractivity contribution is 6.21. The largest absolute Gasteiger partial charge is 0.494 e. The van der Waals surface area contributed by atoms with Crippen molar-refractivity contribution in [3.63, 3.8) is 0 Å². The lowest BCUT2D eigenvalue weighted by molar-refractivity contribution is -0.922. The fourth-order valence-electron chi connectivity index (χ4n) is 5.59. The summed E-state index contributed by atoms with van der Waals surface area (Å²) >= 11 is 0. The SMILES string of the molecule is CCOc1ccc(N2C(=O)C[C@@H]([NH+]3CCC(CC[NH+]4CCC(C)CC4)CC3)C2=O)cc1. The van der Waals surface area contributed by atoms with E-state index < -0.39 is 0 Å². The molecule has 0 aromatic heterocycles. The highest BCUT2D eigenvalue weighted by Gasteiger charge is 2.46. The van der Waals surface area contributed by atoms with Crippen molar-refractivity contribution >= 4 is 17.5 Å². The predicted molar refractivity (Wildman–Crippen MR) is 121 cm³/mol. The van der Waals surface area contributed by atoms with Crippen LogP contribution >= 0.6 is 0 Å². The number of carbonyl (C=O) groups is 2. The fourth-order valence-corrected chi connectivity index (χ4v) is 5.59. The maximum absolute atomic E-state index is 13.1. The molecule has 0 bridgehead atoms. The molecular formula is C25H39N3O3+2. The van der Waals surface area contributed by atoms with Crippen molar-refractivity contribution in [1.29, 1.82) is 0 Å². The first-order valence-corrected chi connectivity index (χ1v) is 12.3. The number of benzene rings is 1. The van der Waals surface area contributed by atoms with Gasteiger partial charge >= 0.3 is 0 Å². The van der Waals surface area contributed by atoms with E-state index in [1.54, 1.807) is 4.90 Å². The molecule has 6 heteroatoms. The van der Waals surface area contributed by atoms with E-state index in [1.807, 2.05) is 31.2 Å². The van der Waals surface area contributed by atoms with Crippen molar-refractivity contribution in [2.24, 2.45) is 11.8 Å². The van der Waals surface area contributed by atoms with Crippen LogP contribution in [0.4, 0.5) is 5.69 Å². The number of likely N-dealkylation sites (tertiary alicyclic amines) is 2. The molecule has 3 aliphatic rings. The normalized spacial score (nSPS) is 31.8. The van der Waals surface area contributed by atoms with Crippen molar-refractivity contribution in [3.05, 3.63) is 24.3 Å². The van der Waals surface area contributed by atoms with Crippen molar-refractivity contribution in [2.45, 2.75) is 58.4 Å². The molecule has 3 fully saturated rings. The minimum atomic E-state index is -0.214. The second-order valence-corrected chi connectivity index (χ2v) is 9.82. The van der Waals surface area contributed by atoms with Crippen LogP contribution in [-0.2, 0) is 9.59 Å². The van der Waals surface area contributed by atoms with E-state index in [1.165, 1.54) is 61.5 Å². The third kappa shape index (κ3) is 5.29. The number of piperidine rings is 2. The van der Waals surface area contributed by atoms with Gasteiger partial charge in [0, 0.05) is 0 Å². The van der Waals surface area contributed by atoms with E-state index in [0.29, 0.717) is 18.7 Å². The predicted octanol–water partition coefficient (Wildman–Crippen LogP) is 0.717. The zero-order valence-electron chi connectivity index (χ0n) is 19.2. The van der Waals surface area contributed by atoms with Gasteiger partial charge < -0.3 is 14.5 Å². The topological polar surface area (TPSA) is 55.5 Å². The quantitative estimate of drug-likeness (QED) is 0.628. The second-order valence-electron chi connectivity index (χ2n) is 9.82. The van der Waals surface area contributed by atoms with Gasteiger partial charge in [-0.3, -0.25) is 9.59 Å². The molecule has 0 saturated carbocycles. The van der Waals surface area contributed by atoms with Crippen LogP contribution in [0.3, 0.4) is 0 Å². The number of hydrogen-bond acceptors (Lipinski definition) is 3. The molecule has 3 saturated heterocycles. The van der Waals surface area contributed by atoms with Gasteiger partial charge in [0.2, 0.25) is 5.91 Å². The first kappa shape index (κ1) is 22.3. The Hall–Kier alpha value is -1.92. The number of imide groups is 1. The molecule has 4 rings (SSSR count). The van der Waals surface area contributed by atoms with Crippen molar-refractivity contribution in [3.8, 4) is 5.75 Å². The van der Waals surface area contributed by atoms with Crippen LogP contribution in [0.2, 0.25) is 0 Å². The molecule has 3 aliphatic heterocycles. The number of nitrogens with zero attached hydrogens (tertiary/aromatic N) is 1. The third-order valence-corrected chi connectivity index (χ3v) is 7.68. The van der Waals surface area contributed by atoms with Crippen molar-refractivity contribution < 1.29 is 24.1 Å². The average Bonchev–Trinajstić information content (AvgIpc) is 3.08. The maximum Gasteiger partial charge on any atom is 0.292 e. The van der Waals surface area contributed by atoms with Crippen LogP contribution in [0.1, 0.15) is 52.4 Å². The molecule has 6 nitrogen and oxygen atoms in total. The van der Waals surface area contributed by atoms with Crippen LogP contribution < -0.4 is 19.4 Å². The van der Waals surface area contributed by atoms with Crippen LogP contribution in [0.15, 0.2) is 24.3 Å². The number of quaternary nitrogens is 2. The zero-order chi connectivity index (χ0) is 21.8. The van der Waals surface area contributed by atoms with Gasteiger partial charge in [-0.1, -0.05) is 6.92 Å². The molecule has 31 heavy (non-hydrogen) atoms. The highest BCUT2D eigenvalue weighted by atomic mass is 16.5. The Balaban J connectivity index is 1.27. The van der Waals surface area contributed by atoms with Gasteiger partial charge in [-0.15, -0.1) is 0 Å². The number of carbonyl (C=O) groups excluding carboxylic acids is 2. The van der Waals surface area contributed by atoms with E-state index in [9.17, 15) is 9.59 Å². The number of amides is 2. The summed E-state index contributed by atoms with van der Waals surface area (Å²) in [4.78, 5) is 30.3. The molecule has 2 N–H and O–H groups in total. The van der Waals surface area contributed by atoms with Gasteiger partial charge in [-0.05, 0) is 75.1 Å². The molecule has 3 heterocycles. The number of ether oxygens (including phenoxy) is 1. The summed E-state index contributed by atoms with van der Waals surface area (Å²) in [6.07, 6.45) is 6.76. The number of rotatable bonds is 7. The summed E-state index contributed by atoms with van der Waals surface area (Å²) in [6, 6.07) is 7.07. The highest BCUT2D eigenvalue weighted by Crippen LogP contribution is 2.25. The lowest BCUT2D eigenvalue weighted by atomic mass is 9.91. The molecule has 1 aromatic rings. The summed E-state index contributed by atoms with van der Waals surface area (Å²) in [6.45, 7) is 10.9. The van der Waals surface area contributed by atoms with Gasteiger partial charge in [-0.2, -0.15) is 0 Å². The van der Waals surface area contributed by atoms with E-state index >= 15 is 0 Å². The van der Waals surface area contributed by atoms with Crippen molar-refractivity contribution in [1.82, 2.24) is 0 Å². The molecule has 1 aromatic carbocycles. The summed E-state index contributed by atoms with van der Waals surface area (Å²) in [7, 11) is 0. The fraction of sp³-hybridized carbons (Fsp3) is 0.680. The third-order valence-electron chi connectivity index (χ3n) is 7.68. The van der Waals surface area contributed by atoms with Gasteiger partial charge in [0.15, 0.2) is 6.04 Å². The molecule has 0 spiro atoms. The molecule has 2 amide bonds. The van der Waals surface area contributed by atoms with E-state index in [0.717, 1.165) is 30.7 Å². The van der Waals surface area contributed by atoms with Gasteiger partial charge in [0.1, 0.15) is 5.75 Å². The number of anilines is 1. The zero-order valence-corrected chi connectivity index (χ0v) is 19.2. The van der Waals surface area contributed by atoms with Gasteiger partial charge in [-0.25, -0.2) is 4.90 Å². The minimum absolute atomic E-state index is 0.0329. The molecular weight excluding hydrogens is 390 g/mol. The Morgan fingerprint density at radius 3 is 2.32 bits per heavy atom. The molecule has 0 aliphatic carbocycles. The molecule has 0 unspecified atom stereocenters. The van der Waals surface area contributed by atoms with Crippen LogP contribution in [0.5, 0.6) is 5.75 Å². The lowest BCUT2D eigenvalue weighted by Gasteiger charge is -2.33. The summed E-state index contributed by atoms with van der Waals surface area (Å²) in [5.41, 5.74) is 0.661. The van der Waals surface area contributed by atoms with E-state index in [-0.39, 0.29) is 17.9 Å². The Morgan fingerprint density at radius 2 is 1.68 bits per heavy atom. The van der Waals surface area contributed by atoms with Crippen LogP contribution in [0.25, 0.3) is 0 Å². The minimum Gasteiger partial charge on any atom is -0.494 e. The molecule has 170 valence electrons. The standard InChI is InChI=1S/C25H37N3O3/c1-3-31-22-6-4-21(5-7-22)28-24(29)18-23(25(28)30)27-16-11-20(12-17-27)10-15-26-13-8-19(2)9-14-26/h4-7,19-20,23H,3,8-18H2,1-2H3/p+2/t23-/m1/s1. The summed E-state index contributed by atoms with van der Waals surface area (Å²) in [5, 5.41) is 0. The maximum atomic E-state index is 13.1. The smallest absolute Gasteiger partial charge is 0.292 e. The first-order chi connectivity index (χ1) is 15.0. The first-order valence-electron chi connectivity index (χ1n) is 12.3. The monoisotopic (exact) mass is 429 g/mol. The second kappa shape index (κ2) is 10.1. The summed E-state index contributed by atoms with van der Waals surface area (Å²) < 4.78 is 5.47. The van der Waals surface area contributed by atoms with Gasteiger partial charge in [0.25, 0.3) is 5.91 Å². The van der Waals surface area contributed by atoms with Crippen LogP contribution in [0, 0.1) is 11.8 Å². The van der Waals surface area contributed by atoms with E-state index in [2.05, 4.69) is 6.92 Å². The Kier molecular flexibility index (Phi) is 7.28. The molecule has 1 atom stereocenters. The number of nitrogens with one attached hydrogen (secondary N) is 2. The summed E-state index contributed by atoms with van der Waals surface area (Å²) in [5.74, 6) is 2.34. The average molecular weight is 430 g/mol. The van der Waals surface area contributed by atoms with E-state index in [4.69, 9.17) is 4.74 Å². The Bertz CT molecular complexity index is 750. The Morgan fingerprint density at radius 1 is 1.00 bits per heavy atom. The van der Waals surface area contributed by atoms with Crippen LogP contribution in [-0.4, -0.2) is 57.2 Å².